The van der Waals surface area contributed by atoms with Gasteiger partial charge < -0.3 is 4.74 Å². The standard InChI is InChI=1S/C28H22F4N4OS/c1-37-14-13-36-26(34-35-27(36)38-17-19-11-12-20(29)15-23(19)28(30,31)32)22-16-25(18-7-3-2-4-8-18)33-24-10-6-5-9-21(22)24/h2-12,15-16H,13-14,17H2,1H3. The van der Waals surface area contributed by atoms with Gasteiger partial charge in [-0.25, -0.2) is 9.37 Å². The van der Waals surface area contributed by atoms with E-state index in [0.29, 0.717) is 30.2 Å². The molecule has 0 spiro atoms. The van der Waals surface area contributed by atoms with Crippen LogP contribution in [-0.2, 0) is 23.2 Å². The van der Waals surface area contributed by atoms with E-state index in [9.17, 15) is 17.6 Å². The van der Waals surface area contributed by atoms with E-state index in [2.05, 4.69) is 10.2 Å². The van der Waals surface area contributed by atoms with E-state index in [0.717, 1.165) is 51.6 Å². The van der Waals surface area contributed by atoms with Crippen molar-refractivity contribution in [3.05, 3.63) is 95.8 Å². The SMILES string of the molecule is COCCn1c(SCc2ccc(F)cc2C(F)(F)F)nnc1-c1cc(-c2ccccc2)nc2ccccc12. The lowest BCUT2D eigenvalue weighted by Crippen LogP contribution is -2.10. The molecule has 0 saturated heterocycles. The summed E-state index contributed by atoms with van der Waals surface area (Å²) in [7, 11) is 1.57. The molecule has 0 bridgehead atoms. The van der Waals surface area contributed by atoms with Crippen molar-refractivity contribution in [3.8, 4) is 22.6 Å². The van der Waals surface area contributed by atoms with Gasteiger partial charge in [0.15, 0.2) is 11.0 Å². The molecule has 5 aromatic rings. The summed E-state index contributed by atoms with van der Waals surface area (Å²) in [5, 5.41) is 10.1. The van der Waals surface area contributed by atoms with Gasteiger partial charge in [-0.05, 0) is 29.8 Å². The number of aromatic nitrogens is 4. The summed E-state index contributed by atoms with van der Waals surface area (Å²) in [6.07, 6.45) is -4.67. The molecule has 3 aromatic carbocycles. The number of hydrogen-bond donors (Lipinski definition) is 0. The van der Waals surface area contributed by atoms with Crippen LogP contribution in [0.15, 0.2) is 84.0 Å². The van der Waals surface area contributed by atoms with Gasteiger partial charge in [0.2, 0.25) is 0 Å². The van der Waals surface area contributed by atoms with E-state index in [4.69, 9.17) is 9.72 Å². The van der Waals surface area contributed by atoms with Gasteiger partial charge in [-0.3, -0.25) is 4.57 Å². The molecule has 0 amide bonds. The number of thioether (sulfide) groups is 1. The van der Waals surface area contributed by atoms with Crippen molar-refractivity contribution in [2.45, 2.75) is 23.6 Å². The van der Waals surface area contributed by atoms with Crippen LogP contribution in [0.3, 0.4) is 0 Å². The number of methoxy groups -OCH3 is 1. The summed E-state index contributed by atoms with van der Waals surface area (Å²) in [5.41, 5.74) is 2.24. The Morgan fingerprint density at radius 2 is 1.68 bits per heavy atom. The lowest BCUT2D eigenvalue weighted by Gasteiger charge is -2.14. The van der Waals surface area contributed by atoms with E-state index in [1.54, 1.807) is 7.11 Å². The van der Waals surface area contributed by atoms with Crippen LogP contribution in [0, 0.1) is 5.82 Å². The van der Waals surface area contributed by atoms with Crippen molar-refractivity contribution < 1.29 is 22.3 Å². The average molecular weight is 539 g/mol. The molecule has 38 heavy (non-hydrogen) atoms. The van der Waals surface area contributed by atoms with Gasteiger partial charge in [-0.15, -0.1) is 10.2 Å². The van der Waals surface area contributed by atoms with Gasteiger partial charge in [0.25, 0.3) is 0 Å². The minimum atomic E-state index is -4.67. The summed E-state index contributed by atoms with van der Waals surface area (Å²) in [5.74, 6) is -0.446. The molecule has 10 heteroatoms. The third-order valence-corrected chi connectivity index (χ3v) is 7.01. The first-order valence-corrected chi connectivity index (χ1v) is 12.7. The van der Waals surface area contributed by atoms with Crippen molar-refractivity contribution in [2.75, 3.05) is 13.7 Å². The van der Waals surface area contributed by atoms with E-state index in [1.807, 2.05) is 65.2 Å². The molecule has 2 aromatic heterocycles. The Balaban J connectivity index is 1.58. The van der Waals surface area contributed by atoms with Crippen molar-refractivity contribution >= 4 is 22.7 Å². The third-order valence-electron chi connectivity index (χ3n) is 6.00. The topological polar surface area (TPSA) is 52.8 Å². The number of fused-ring (bicyclic) bond motifs is 1. The van der Waals surface area contributed by atoms with Gasteiger partial charge in [0.05, 0.1) is 29.9 Å². The maximum atomic E-state index is 13.6. The molecule has 0 fully saturated rings. The van der Waals surface area contributed by atoms with Crippen LogP contribution in [0.1, 0.15) is 11.1 Å². The minimum absolute atomic E-state index is 0.0348. The fraction of sp³-hybridized carbons (Fsp3) is 0.179. The molecule has 0 aliphatic carbocycles. The molecule has 0 N–H and O–H groups in total. The number of halogens is 4. The Bertz CT molecular complexity index is 1570. The molecule has 2 heterocycles. The summed E-state index contributed by atoms with van der Waals surface area (Å²) in [6.45, 7) is 0.728. The van der Waals surface area contributed by atoms with Gasteiger partial charge >= 0.3 is 6.18 Å². The molecule has 5 nitrogen and oxygen atoms in total. The highest BCUT2D eigenvalue weighted by molar-refractivity contribution is 7.98. The number of nitrogens with zero attached hydrogens (tertiary/aromatic N) is 4. The van der Waals surface area contributed by atoms with Crippen molar-refractivity contribution in [2.24, 2.45) is 0 Å². The number of ether oxygens (including phenoxy) is 1. The normalized spacial score (nSPS) is 11.8. The molecule has 0 aliphatic heterocycles. The molecule has 0 aliphatic rings. The Morgan fingerprint density at radius 3 is 2.45 bits per heavy atom. The number of pyridine rings is 1. The molecular formula is C28H22F4N4OS. The van der Waals surface area contributed by atoms with E-state index in [1.165, 1.54) is 0 Å². The van der Waals surface area contributed by atoms with Crippen molar-refractivity contribution in [1.29, 1.82) is 0 Å². The molecule has 0 unspecified atom stereocenters. The smallest absolute Gasteiger partial charge is 0.383 e. The monoisotopic (exact) mass is 538 g/mol. The second kappa shape index (κ2) is 10.9. The van der Waals surface area contributed by atoms with Crippen molar-refractivity contribution in [1.82, 2.24) is 19.7 Å². The number of benzene rings is 3. The predicted octanol–water partition coefficient (Wildman–Crippen LogP) is 7.26. The molecule has 0 radical (unpaired) electrons. The van der Waals surface area contributed by atoms with E-state index >= 15 is 0 Å². The van der Waals surface area contributed by atoms with Crippen molar-refractivity contribution in [3.63, 3.8) is 0 Å². The Morgan fingerprint density at radius 1 is 0.921 bits per heavy atom. The highest BCUT2D eigenvalue weighted by atomic mass is 32.2. The predicted molar refractivity (Wildman–Crippen MR) is 139 cm³/mol. The number of alkyl halides is 3. The first kappa shape index (κ1) is 25.9. The van der Waals surface area contributed by atoms with Crippen LogP contribution in [-0.4, -0.2) is 33.5 Å². The number of rotatable bonds is 8. The third kappa shape index (κ3) is 5.41. The average Bonchev–Trinajstić information content (AvgIpc) is 3.32. The number of para-hydroxylation sites is 1. The van der Waals surface area contributed by atoms with E-state index in [-0.39, 0.29) is 11.3 Å². The van der Waals surface area contributed by atoms with Gasteiger partial charge in [0, 0.05) is 29.4 Å². The highest BCUT2D eigenvalue weighted by Gasteiger charge is 2.34. The second-order valence-electron chi connectivity index (χ2n) is 8.48. The maximum Gasteiger partial charge on any atom is 0.416 e. The highest BCUT2D eigenvalue weighted by Crippen LogP contribution is 2.37. The van der Waals surface area contributed by atoms with Gasteiger partial charge in [0.1, 0.15) is 5.82 Å². The number of hydrogen-bond acceptors (Lipinski definition) is 5. The largest absolute Gasteiger partial charge is 0.416 e. The Labute approximate surface area is 220 Å². The Kier molecular flexibility index (Phi) is 7.44. The molecule has 0 saturated carbocycles. The van der Waals surface area contributed by atoms with Crippen LogP contribution < -0.4 is 0 Å². The fourth-order valence-corrected chi connectivity index (χ4v) is 5.15. The molecule has 5 rings (SSSR count). The van der Waals surface area contributed by atoms with Crippen LogP contribution in [0.5, 0.6) is 0 Å². The molecule has 194 valence electrons. The maximum absolute atomic E-state index is 13.6. The molecule has 0 atom stereocenters. The second-order valence-corrected chi connectivity index (χ2v) is 9.42. The lowest BCUT2D eigenvalue weighted by atomic mass is 10.0. The minimum Gasteiger partial charge on any atom is -0.383 e. The first-order valence-electron chi connectivity index (χ1n) is 11.7. The summed E-state index contributed by atoms with van der Waals surface area (Å²) in [4.78, 5) is 4.82. The summed E-state index contributed by atoms with van der Waals surface area (Å²) >= 11 is 1.10. The van der Waals surface area contributed by atoms with E-state index < -0.39 is 17.6 Å². The summed E-state index contributed by atoms with van der Waals surface area (Å²) in [6, 6.07) is 22.1. The zero-order chi connectivity index (χ0) is 26.7. The van der Waals surface area contributed by atoms with Gasteiger partial charge in [-0.2, -0.15) is 13.2 Å². The fourth-order valence-electron chi connectivity index (χ4n) is 4.18. The first-order chi connectivity index (χ1) is 18.3. The zero-order valence-corrected chi connectivity index (χ0v) is 21.1. The quantitative estimate of drug-likeness (QED) is 0.154. The van der Waals surface area contributed by atoms with Crippen LogP contribution in [0.4, 0.5) is 17.6 Å². The van der Waals surface area contributed by atoms with Crippen LogP contribution in [0.25, 0.3) is 33.5 Å². The van der Waals surface area contributed by atoms with Crippen LogP contribution in [0.2, 0.25) is 0 Å². The lowest BCUT2D eigenvalue weighted by molar-refractivity contribution is -0.138. The zero-order valence-electron chi connectivity index (χ0n) is 20.2. The summed E-state index contributed by atoms with van der Waals surface area (Å²) < 4.78 is 61.3. The molecular weight excluding hydrogens is 516 g/mol. The van der Waals surface area contributed by atoms with Crippen LogP contribution >= 0.6 is 11.8 Å². The Hall–Kier alpha value is -3.76. The van der Waals surface area contributed by atoms with Gasteiger partial charge in [-0.1, -0.05) is 66.4 Å².